The summed E-state index contributed by atoms with van der Waals surface area (Å²) in [6, 6.07) is 15.5. The van der Waals surface area contributed by atoms with Crippen LogP contribution in [0.5, 0.6) is 0 Å². The van der Waals surface area contributed by atoms with Crippen LogP contribution in [-0.2, 0) is 12.8 Å². The average molecular weight is 340 g/mol. The molecule has 1 heterocycles. The van der Waals surface area contributed by atoms with E-state index in [1.54, 1.807) is 12.1 Å². The lowest BCUT2D eigenvalue weighted by Crippen LogP contribution is -2.30. The van der Waals surface area contributed by atoms with Crippen LogP contribution in [0.3, 0.4) is 0 Å². The number of nitrogens with zero attached hydrogens (tertiary/aromatic N) is 2. The Morgan fingerprint density at radius 1 is 1.00 bits per heavy atom. The molecule has 0 fully saturated rings. The summed E-state index contributed by atoms with van der Waals surface area (Å²) in [5, 5.41) is 12.9. The average Bonchev–Trinajstić information content (AvgIpc) is 3.05. The zero-order valence-electron chi connectivity index (χ0n) is 13.4. The van der Waals surface area contributed by atoms with Crippen molar-refractivity contribution in [3.8, 4) is 0 Å². The number of halogens is 1. The molecule has 25 heavy (non-hydrogen) atoms. The summed E-state index contributed by atoms with van der Waals surface area (Å²) < 4.78 is 18.2. The van der Waals surface area contributed by atoms with Crippen LogP contribution in [0.25, 0.3) is 0 Å². The SMILES string of the molecule is O=C(NCCc1ccccc1)Nc1nnc(Cc2ccc(F)cc2)o1. The lowest BCUT2D eigenvalue weighted by atomic mass is 10.1. The van der Waals surface area contributed by atoms with E-state index in [4.69, 9.17) is 4.42 Å². The second-order valence-electron chi connectivity index (χ2n) is 5.42. The highest BCUT2D eigenvalue weighted by Crippen LogP contribution is 2.11. The second kappa shape index (κ2) is 8.05. The number of anilines is 1. The van der Waals surface area contributed by atoms with E-state index in [0.29, 0.717) is 18.9 Å². The van der Waals surface area contributed by atoms with E-state index in [0.717, 1.165) is 17.5 Å². The number of nitrogens with one attached hydrogen (secondary N) is 2. The molecule has 3 rings (SSSR count). The van der Waals surface area contributed by atoms with Crippen LogP contribution in [0.15, 0.2) is 59.0 Å². The summed E-state index contributed by atoms with van der Waals surface area (Å²) in [5.41, 5.74) is 1.98. The minimum absolute atomic E-state index is 0.0225. The third kappa shape index (κ3) is 5.13. The molecule has 0 bridgehead atoms. The first-order valence-electron chi connectivity index (χ1n) is 7.84. The highest BCUT2D eigenvalue weighted by molar-refractivity contribution is 5.86. The predicted octanol–water partition coefficient (Wildman–Crippen LogP) is 3.16. The third-order valence-electron chi connectivity index (χ3n) is 3.50. The molecule has 0 atom stereocenters. The molecule has 2 N–H and O–H groups in total. The van der Waals surface area contributed by atoms with Gasteiger partial charge in [0.25, 0.3) is 0 Å². The van der Waals surface area contributed by atoms with Crippen molar-refractivity contribution in [2.75, 3.05) is 11.9 Å². The van der Waals surface area contributed by atoms with Crippen LogP contribution < -0.4 is 10.6 Å². The van der Waals surface area contributed by atoms with Gasteiger partial charge in [-0.1, -0.05) is 47.6 Å². The number of urea groups is 1. The molecule has 0 spiro atoms. The fourth-order valence-corrected chi connectivity index (χ4v) is 2.26. The van der Waals surface area contributed by atoms with Crippen molar-refractivity contribution in [1.29, 1.82) is 0 Å². The van der Waals surface area contributed by atoms with Crippen molar-refractivity contribution >= 4 is 12.0 Å². The van der Waals surface area contributed by atoms with Gasteiger partial charge in [-0.2, -0.15) is 0 Å². The minimum Gasteiger partial charge on any atom is -0.407 e. The number of benzene rings is 2. The van der Waals surface area contributed by atoms with Crippen molar-refractivity contribution in [3.63, 3.8) is 0 Å². The Labute approximate surface area is 144 Å². The topological polar surface area (TPSA) is 80.0 Å². The van der Waals surface area contributed by atoms with Crippen LogP contribution in [0, 0.1) is 5.82 Å². The van der Waals surface area contributed by atoms with Crippen molar-refractivity contribution in [1.82, 2.24) is 15.5 Å². The van der Waals surface area contributed by atoms with Gasteiger partial charge in [0.15, 0.2) is 0 Å². The molecular formula is C18H17FN4O2. The monoisotopic (exact) mass is 340 g/mol. The maximum Gasteiger partial charge on any atom is 0.323 e. The predicted molar refractivity (Wildman–Crippen MR) is 90.7 cm³/mol. The summed E-state index contributed by atoms with van der Waals surface area (Å²) in [6.45, 7) is 0.492. The Balaban J connectivity index is 1.45. The van der Waals surface area contributed by atoms with Crippen LogP contribution in [0.1, 0.15) is 17.0 Å². The zero-order chi connectivity index (χ0) is 17.5. The molecule has 2 aromatic carbocycles. The number of rotatable bonds is 6. The van der Waals surface area contributed by atoms with Gasteiger partial charge < -0.3 is 9.73 Å². The summed E-state index contributed by atoms with van der Waals surface area (Å²) in [7, 11) is 0. The second-order valence-corrected chi connectivity index (χ2v) is 5.42. The van der Waals surface area contributed by atoms with Gasteiger partial charge in [-0.15, -0.1) is 5.10 Å². The fourth-order valence-electron chi connectivity index (χ4n) is 2.26. The molecule has 1 aromatic heterocycles. The molecule has 0 saturated carbocycles. The highest BCUT2D eigenvalue weighted by Gasteiger charge is 2.10. The first-order chi connectivity index (χ1) is 12.2. The van der Waals surface area contributed by atoms with Gasteiger partial charge in [-0.05, 0) is 29.7 Å². The molecule has 7 heteroatoms. The maximum absolute atomic E-state index is 12.9. The summed E-state index contributed by atoms with van der Waals surface area (Å²) in [4.78, 5) is 11.8. The van der Waals surface area contributed by atoms with Gasteiger partial charge in [0.1, 0.15) is 5.82 Å². The molecule has 0 aliphatic rings. The van der Waals surface area contributed by atoms with E-state index >= 15 is 0 Å². The van der Waals surface area contributed by atoms with Gasteiger partial charge in [0.05, 0.1) is 6.42 Å². The van der Waals surface area contributed by atoms with Gasteiger partial charge in [-0.3, -0.25) is 5.32 Å². The lowest BCUT2D eigenvalue weighted by molar-refractivity contribution is 0.251. The maximum atomic E-state index is 12.9. The molecular weight excluding hydrogens is 323 g/mol. The Bertz CT molecular complexity index is 819. The molecule has 3 aromatic rings. The van der Waals surface area contributed by atoms with Crippen LogP contribution in [-0.4, -0.2) is 22.8 Å². The van der Waals surface area contributed by atoms with Crippen molar-refractivity contribution in [2.24, 2.45) is 0 Å². The van der Waals surface area contributed by atoms with Crippen molar-refractivity contribution < 1.29 is 13.6 Å². The minimum atomic E-state index is -0.409. The van der Waals surface area contributed by atoms with E-state index in [9.17, 15) is 9.18 Å². The van der Waals surface area contributed by atoms with Gasteiger partial charge in [-0.25, -0.2) is 9.18 Å². The van der Waals surface area contributed by atoms with Gasteiger partial charge in [0.2, 0.25) is 5.89 Å². The van der Waals surface area contributed by atoms with Crippen LogP contribution >= 0.6 is 0 Å². The Kier molecular flexibility index (Phi) is 5.36. The molecule has 0 unspecified atom stereocenters. The number of hydrogen-bond donors (Lipinski definition) is 2. The van der Waals surface area contributed by atoms with Crippen LogP contribution in [0.4, 0.5) is 15.2 Å². The highest BCUT2D eigenvalue weighted by atomic mass is 19.1. The first-order valence-corrected chi connectivity index (χ1v) is 7.84. The molecule has 6 nitrogen and oxygen atoms in total. The molecule has 0 radical (unpaired) electrons. The number of carbonyl (C=O) groups is 1. The first kappa shape index (κ1) is 16.6. The standard InChI is InChI=1S/C18H17FN4O2/c19-15-8-6-14(7-9-15)12-16-22-23-18(25-16)21-17(24)20-11-10-13-4-2-1-3-5-13/h1-9H,10-12H2,(H2,20,21,23,24). The third-order valence-corrected chi connectivity index (χ3v) is 3.50. The van der Waals surface area contributed by atoms with Gasteiger partial charge in [0, 0.05) is 6.54 Å². The van der Waals surface area contributed by atoms with E-state index in [-0.39, 0.29) is 11.8 Å². The molecule has 128 valence electrons. The van der Waals surface area contributed by atoms with E-state index in [2.05, 4.69) is 20.8 Å². The Morgan fingerprint density at radius 2 is 1.76 bits per heavy atom. The number of amides is 2. The number of hydrogen-bond acceptors (Lipinski definition) is 4. The van der Waals surface area contributed by atoms with Crippen molar-refractivity contribution in [2.45, 2.75) is 12.8 Å². The zero-order valence-corrected chi connectivity index (χ0v) is 13.4. The Hall–Kier alpha value is -3.22. The molecule has 0 aliphatic carbocycles. The quantitative estimate of drug-likeness (QED) is 0.722. The normalized spacial score (nSPS) is 10.4. The number of carbonyl (C=O) groups excluding carboxylic acids is 1. The van der Waals surface area contributed by atoms with E-state index in [1.165, 1.54) is 12.1 Å². The molecule has 2 amide bonds. The Morgan fingerprint density at radius 3 is 2.52 bits per heavy atom. The molecule has 0 aliphatic heterocycles. The van der Waals surface area contributed by atoms with Crippen LogP contribution in [0.2, 0.25) is 0 Å². The smallest absolute Gasteiger partial charge is 0.323 e. The summed E-state index contributed by atoms with van der Waals surface area (Å²) >= 11 is 0. The van der Waals surface area contributed by atoms with Gasteiger partial charge >= 0.3 is 12.0 Å². The lowest BCUT2D eigenvalue weighted by Gasteiger charge is -2.04. The molecule has 0 saturated heterocycles. The van der Waals surface area contributed by atoms with E-state index < -0.39 is 6.03 Å². The fraction of sp³-hybridized carbons (Fsp3) is 0.167. The van der Waals surface area contributed by atoms with E-state index in [1.807, 2.05) is 30.3 Å². The largest absolute Gasteiger partial charge is 0.407 e. The summed E-state index contributed by atoms with van der Waals surface area (Å²) in [6.07, 6.45) is 1.10. The number of aromatic nitrogens is 2. The van der Waals surface area contributed by atoms with Crippen molar-refractivity contribution in [3.05, 3.63) is 77.4 Å². The summed E-state index contributed by atoms with van der Waals surface area (Å²) in [5.74, 6) is 0.0370.